The predicted octanol–water partition coefficient (Wildman–Crippen LogP) is 2.96. The zero-order chi connectivity index (χ0) is 12.5. The number of hydrogen-bond acceptors (Lipinski definition) is 3. The molecule has 0 aliphatic heterocycles. The van der Waals surface area contributed by atoms with Crippen LogP contribution in [0.3, 0.4) is 0 Å². The minimum Gasteiger partial charge on any atom is -0.486 e. The molecule has 0 saturated heterocycles. The Kier molecular flexibility index (Phi) is 5.86. The SMILES string of the molecule is CC=CC(CCC(=O)OC)Oc1ccccc1. The zero-order valence-electron chi connectivity index (χ0n) is 10.3. The van der Waals surface area contributed by atoms with Gasteiger partial charge in [-0.05, 0) is 31.6 Å². The lowest BCUT2D eigenvalue weighted by Gasteiger charge is -2.15. The molecule has 0 heterocycles. The second-order valence-corrected chi connectivity index (χ2v) is 3.61. The highest BCUT2D eigenvalue weighted by atomic mass is 16.5. The van der Waals surface area contributed by atoms with Crippen LogP contribution in [0.4, 0.5) is 0 Å². The first kappa shape index (κ1) is 13.3. The van der Waals surface area contributed by atoms with Gasteiger partial charge in [-0.3, -0.25) is 4.79 Å². The number of carbonyl (C=O) groups excluding carboxylic acids is 1. The summed E-state index contributed by atoms with van der Waals surface area (Å²) in [4.78, 5) is 11.1. The molecule has 1 aromatic rings. The number of para-hydroxylation sites is 1. The average molecular weight is 234 g/mol. The van der Waals surface area contributed by atoms with E-state index in [9.17, 15) is 4.79 Å². The minimum absolute atomic E-state index is 0.0958. The van der Waals surface area contributed by atoms with Crippen molar-refractivity contribution in [3.63, 3.8) is 0 Å². The first-order chi connectivity index (χ1) is 8.26. The van der Waals surface area contributed by atoms with Gasteiger partial charge in [-0.2, -0.15) is 0 Å². The molecule has 1 unspecified atom stereocenters. The Bertz CT molecular complexity index is 357. The number of methoxy groups -OCH3 is 1. The summed E-state index contributed by atoms with van der Waals surface area (Å²) in [6.45, 7) is 1.93. The van der Waals surface area contributed by atoms with Crippen LogP contribution in [0.15, 0.2) is 42.5 Å². The van der Waals surface area contributed by atoms with Crippen molar-refractivity contribution in [2.75, 3.05) is 7.11 Å². The Labute approximate surface area is 102 Å². The van der Waals surface area contributed by atoms with Gasteiger partial charge in [-0.25, -0.2) is 0 Å². The van der Waals surface area contributed by atoms with E-state index < -0.39 is 0 Å². The third kappa shape index (κ3) is 5.20. The van der Waals surface area contributed by atoms with Gasteiger partial charge < -0.3 is 9.47 Å². The Morgan fingerprint density at radius 1 is 1.35 bits per heavy atom. The van der Waals surface area contributed by atoms with E-state index in [4.69, 9.17) is 4.74 Å². The fourth-order valence-corrected chi connectivity index (χ4v) is 1.45. The molecule has 0 radical (unpaired) electrons. The second kappa shape index (κ2) is 7.49. The van der Waals surface area contributed by atoms with E-state index in [0.717, 1.165) is 5.75 Å². The van der Waals surface area contributed by atoms with Crippen LogP contribution in [0.2, 0.25) is 0 Å². The molecule has 3 heteroatoms. The average Bonchev–Trinajstić information content (AvgIpc) is 2.37. The van der Waals surface area contributed by atoms with Crippen molar-refractivity contribution < 1.29 is 14.3 Å². The molecular weight excluding hydrogens is 216 g/mol. The van der Waals surface area contributed by atoms with Gasteiger partial charge in [0.05, 0.1) is 7.11 Å². The van der Waals surface area contributed by atoms with E-state index in [1.165, 1.54) is 7.11 Å². The Balaban J connectivity index is 2.52. The van der Waals surface area contributed by atoms with Crippen LogP contribution >= 0.6 is 0 Å². The molecule has 1 rings (SSSR count). The van der Waals surface area contributed by atoms with E-state index in [0.29, 0.717) is 12.8 Å². The van der Waals surface area contributed by atoms with Crippen molar-refractivity contribution >= 4 is 5.97 Å². The highest BCUT2D eigenvalue weighted by Crippen LogP contribution is 2.14. The van der Waals surface area contributed by atoms with E-state index in [1.807, 2.05) is 49.4 Å². The number of ether oxygens (including phenoxy) is 2. The lowest BCUT2D eigenvalue weighted by molar-refractivity contribution is -0.141. The number of carbonyl (C=O) groups is 1. The maximum Gasteiger partial charge on any atom is 0.305 e. The van der Waals surface area contributed by atoms with Crippen molar-refractivity contribution in [2.45, 2.75) is 25.9 Å². The lowest BCUT2D eigenvalue weighted by Crippen LogP contribution is -2.15. The molecule has 0 fully saturated rings. The smallest absolute Gasteiger partial charge is 0.305 e. The molecular formula is C14H18O3. The maximum atomic E-state index is 11.1. The van der Waals surface area contributed by atoms with Gasteiger partial charge in [-0.1, -0.05) is 24.3 Å². The third-order valence-electron chi connectivity index (χ3n) is 2.30. The van der Waals surface area contributed by atoms with Crippen LogP contribution < -0.4 is 4.74 Å². The Morgan fingerprint density at radius 2 is 2.06 bits per heavy atom. The van der Waals surface area contributed by atoms with E-state index in [-0.39, 0.29) is 12.1 Å². The van der Waals surface area contributed by atoms with Crippen LogP contribution in [0, 0.1) is 0 Å². The van der Waals surface area contributed by atoms with Crippen LogP contribution in [-0.2, 0) is 9.53 Å². The topological polar surface area (TPSA) is 35.5 Å². The van der Waals surface area contributed by atoms with Crippen LogP contribution in [0.5, 0.6) is 5.75 Å². The number of esters is 1. The summed E-state index contributed by atoms with van der Waals surface area (Å²) in [5.41, 5.74) is 0. The molecule has 1 aromatic carbocycles. The molecule has 1 atom stereocenters. The number of allylic oxidation sites excluding steroid dienone is 1. The van der Waals surface area contributed by atoms with Gasteiger partial charge in [0.15, 0.2) is 0 Å². The fourth-order valence-electron chi connectivity index (χ4n) is 1.45. The summed E-state index contributed by atoms with van der Waals surface area (Å²) < 4.78 is 10.4. The molecule has 0 saturated carbocycles. The first-order valence-electron chi connectivity index (χ1n) is 5.67. The monoisotopic (exact) mass is 234 g/mol. The zero-order valence-corrected chi connectivity index (χ0v) is 10.3. The van der Waals surface area contributed by atoms with Gasteiger partial charge >= 0.3 is 5.97 Å². The summed E-state index contributed by atoms with van der Waals surface area (Å²) in [5.74, 6) is 0.594. The van der Waals surface area contributed by atoms with Crippen molar-refractivity contribution in [1.82, 2.24) is 0 Å². The summed E-state index contributed by atoms with van der Waals surface area (Å²) in [5, 5.41) is 0. The molecule has 0 spiro atoms. The first-order valence-corrected chi connectivity index (χ1v) is 5.67. The molecule has 0 aromatic heterocycles. The fraction of sp³-hybridized carbons (Fsp3) is 0.357. The van der Waals surface area contributed by atoms with Gasteiger partial charge in [-0.15, -0.1) is 0 Å². The number of benzene rings is 1. The highest BCUT2D eigenvalue weighted by molar-refractivity contribution is 5.69. The van der Waals surface area contributed by atoms with Crippen molar-refractivity contribution in [3.05, 3.63) is 42.5 Å². The molecule has 3 nitrogen and oxygen atoms in total. The van der Waals surface area contributed by atoms with Crippen molar-refractivity contribution in [2.24, 2.45) is 0 Å². The normalized spacial score (nSPS) is 12.4. The molecule has 92 valence electrons. The molecule has 0 aliphatic carbocycles. The van der Waals surface area contributed by atoms with Gasteiger partial charge in [0.25, 0.3) is 0 Å². The predicted molar refractivity (Wildman–Crippen MR) is 66.9 cm³/mol. The highest BCUT2D eigenvalue weighted by Gasteiger charge is 2.09. The van der Waals surface area contributed by atoms with Crippen LogP contribution in [0.25, 0.3) is 0 Å². The van der Waals surface area contributed by atoms with E-state index in [1.54, 1.807) is 0 Å². The van der Waals surface area contributed by atoms with Gasteiger partial charge in [0, 0.05) is 6.42 Å². The number of rotatable bonds is 6. The van der Waals surface area contributed by atoms with E-state index >= 15 is 0 Å². The van der Waals surface area contributed by atoms with E-state index in [2.05, 4.69) is 4.74 Å². The molecule has 0 bridgehead atoms. The van der Waals surface area contributed by atoms with Crippen molar-refractivity contribution in [1.29, 1.82) is 0 Å². The third-order valence-corrected chi connectivity index (χ3v) is 2.30. The van der Waals surface area contributed by atoms with Gasteiger partial charge in [0.1, 0.15) is 11.9 Å². The van der Waals surface area contributed by atoms with Crippen LogP contribution in [-0.4, -0.2) is 19.2 Å². The summed E-state index contributed by atoms with van der Waals surface area (Å²) >= 11 is 0. The minimum atomic E-state index is -0.212. The standard InChI is InChI=1S/C14H18O3/c1-3-7-12(10-11-14(15)16-2)17-13-8-5-4-6-9-13/h3-9,12H,10-11H2,1-2H3. The lowest BCUT2D eigenvalue weighted by atomic mass is 10.2. The largest absolute Gasteiger partial charge is 0.486 e. The summed E-state index contributed by atoms with van der Waals surface area (Å²) in [7, 11) is 1.39. The molecule has 17 heavy (non-hydrogen) atoms. The molecule has 0 amide bonds. The summed E-state index contributed by atoms with van der Waals surface area (Å²) in [6, 6.07) is 9.57. The maximum absolute atomic E-state index is 11.1. The quantitative estimate of drug-likeness (QED) is 0.560. The summed E-state index contributed by atoms with van der Waals surface area (Å²) in [6.07, 6.45) is 4.74. The second-order valence-electron chi connectivity index (χ2n) is 3.61. The Hall–Kier alpha value is -1.77. The number of hydrogen-bond donors (Lipinski definition) is 0. The van der Waals surface area contributed by atoms with Gasteiger partial charge in [0.2, 0.25) is 0 Å². The van der Waals surface area contributed by atoms with Crippen LogP contribution in [0.1, 0.15) is 19.8 Å². The molecule has 0 N–H and O–H groups in total. The Morgan fingerprint density at radius 3 is 2.65 bits per heavy atom. The molecule has 0 aliphatic rings. The van der Waals surface area contributed by atoms with Crippen molar-refractivity contribution in [3.8, 4) is 5.75 Å².